The Morgan fingerprint density at radius 2 is 1.37 bits per heavy atom. The van der Waals surface area contributed by atoms with Gasteiger partial charge < -0.3 is 10.2 Å². The number of amides is 2. The summed E-state index contributed by atoms with van der Waals surface area (Å²) in [5.74, 6) is 1.76. The number of carbonyl (C=O) groups excluding carboxylic acids is 2. The Labute approximate surface area is 274 Å². The molecule has 0 unspecified atom stereocenters. The van der Waals surface area contributed by atoms with Crippen LogP contribution in [0.4, 0.5) is 5.69 Å². The summed E-state index contributed by atoms with van der Waals surface area (Å²) in [4.78, 5) is 29.5. The second-order valence-corrected chi connectivity index (χ2v) is 15.9. The van der Waals surface area contributed by atoms with Gasteiger partial charge in [-0.2, -0.15) is 0 Å². The summed E-state index contributed by atoms with van der Waals surface area (Å²) in [6.07, 6.45) is 9.99. The van der Waals surface area contributed by atoms with Crippen LogP contribution in [-0.4, -0.2) is 50.5 Å². The van der Waals surface area contributed by atoms with Gasteiger partial charge in [0.2, 0.25) is 21.8 Å². The highest BCUT2D eigenvalue weighted by molar-refractivity contribution is 7.92. The van der Waals surface area contributed by atoms with Gasteiger partial charge in [-0.1, -0.05) is 79.7 Å². The fraction of sp³-hybridized carbons (Fsp3) is 0.474. The van der Waals surface area contributed by atoms with Crippen molar-refractivity contribution in [3.63, 3.8) is 0 Å². The van der Waals surface area contributed by atoms with Gasteiger partial charge in [-0.15, -0.1) is 0 Å². The zero-order valence-corrected chi connectivity index (χ0v) is 27.9. The maximum Gasteiger partial charge on any atom is 0.244 e. The zero-order valence-electron chi connectivity index (χ0n) is 27.1. The molecular weight excluding hydrogens is 595 g/mol. The van der Waals surface area contributed by atoms with Crippen LogP contribution in [0, 0.1) is 17.8 Å². The van der Waals surface area contributed by atoms with Crippen molar-refractivity contribution in [2.75, 3.05) is 23.7 Å². The Kier molecular flexibility index (Phi) is 9.55. The number of carbonyl (C=O) groups is 2. The van der Waals surface area contributed by atoms with Crippen LogP contribution in [0.5, 0.6) is 0 Å². The van der Waals surface area contributed by atoms with E-state index in [-0.39, 0.29) is 17.9 Å². The van der Waals surface area contributed by atoms with Crippen molar-refractivity contribution in [1.29, 1.82) is 0 Å². The Morgan fingerprint density at radius 1 is 0.826 bits per heavy atom. The van der Waals surface area contributed by atoms with Gasteiger partial charge in [-0.3, -0.25) is 13.9 Å². The number of nitrogens with zero attached hydrogens (tertiary/aromatic N) is 2. The molecule has 244 valence electrons. The summed E-state index contributed by atoms with van der Waals surface area (Å²) in [6, 6.07) is 26.3. The minimum absolute atomic E-state index is 0.180. The summed E-state index contributed by atoms with van der Waals surface area (Å²) >= 11 is 0. The number of anilines is 1. The number of rotatable bonds is 13. The molecule has 4 fully saturated rings. The first-order valence-corrected chi connectivity index (χ1v) is 18.7. The number of sulfonamides is 1. The highest BCUT2D eigenvalue weighted by Crippen LogP contribution is 2.60. The average Bonchev–Trinajstić information content (AvgIpc) is 3.04. The first-order valence-electron chi connectivity index (χ1n) is 16.9. The molecule has 0 saturated heterocycles. The van der Waals surface area contributed by atoms with Gasteiger partial charge in [-0.05, 0) is 96.9 Å². The van der Waals surface area contributed by atoms with Crippen LogP contribution >= 0.6 is 0 Å². The highest BCUT2D eigenvalue weighted by Gasteiger charge is 2.51. The summed E-state index contributed by atoms with van der Waals surface area (Å²) in [5, 5.41) is 2.98. The molecule has 2 amide bonds. The molecule has 7 nitrogen and oxygen atoms in total. The second-order valence-electron chi connectivity index (χ2n) is 14.0. The van der Waals surface area contributed by atoms with Gasteiger partial charge in [0.25, 0.3) is 0 Å². The van der Waals surface area contributed by atoms with Crippen molar-refractivity contribution in [2.45, 2.75) is 76.3 Å². The van der Waals surface area contributed by atoms with Gasteiger partial charge in [0.1, 0.15) is 12.6 Å². The average molecular weight is 642 g/mol. The van der Waals surface area contributed by atoms with Gasteiger partial charge in [0.15, 0.2) is 0 Å². The van der Waals surface area contributed by atoms with Crippen molar-refractivity contribution < 1.29 is 18.0 Å². The maximum atomic E-state index is 14.3. The smallest absolute Gasteiger partial charge is 0.244 e. The summed E-state index contributed by atoms with van der Waals surface area (Å²) in [6.45, 7) is 2.26. The normalized spacial score (nSPS) is 23.9. The van der Waals surface area contributed by atoms with Gasteiger partial charge >= 0.3 is 0 Å². The summed E-state index contributed by atoms with van der Waals surface area (Å²) in [5.41, 5.74) is 3.76. The van der Waals surface area contributed by atoms with E-state index in [1.807, 2.05) is 79.7 Å². The van der Waals surface area contributed by atoms with Crippen LogP contribution in [0.25, 0.3) is 0 Å². The fourth-order valence-electron chi connectivity index (χ4n) is 8.76. The number of nitrogens with one attached hydrogen (secondary N) is 1. The van der Waals surface area contributed by atoms with Crippen molar-refractivity contribution in [1.82, 2.24) is 10.2 Å². The third kappa shape index (κ3) is 7.17. The molecule has 4 saturated carbocycles. The quantitative estimate of drug-likeness (QED) is 0.245. The fourth-order valence-corrected chi connectivity index (χ4v) is 9.61. The first kappa shape index (κ1) is 32.3. The molecule has 7 rings (SSSR count). The standard InChI is InChI=1S/C38H47N3O4S/c1-3-18-39-37(43)35(22-28-10-6-4-7-11-28)40(26-29-12-8-5-9-13-29)36(42)27-41(46(2,44)45)34-16-14-33(15-17-34)38-23-30-19-31(24-38)21-32(20-30)25-38/h4-17,30-32,35H,3,18-27H2,1-2H3,(H,39,43)/t30?,31?,32?,35-,38?/m0/s1. The molecule has 8 heteroatoms. The molecule has 0 radical (unpaired) electrons. The van der Waals surface area contributed by atoms with Crippen molar-refractivity contribution in [2.24, 2.45) is 17.8 Å². The van der Waals surface area contributed by atoms with Gasteiger partial charge in [0.05, 0.1) is 11.9 Å². The number of hydrogen-bond donors (Lipinski definition) is 1. The van der Waals surface area contributed by atoms with Crippen LogP contribution in [0.2, 0.25) is 0 Å². The molecule has 1 N–H and O–H groups in total. The predicted octanol–water partition coefficient (Wildman–Crippen LogP) is 6.09. The Hall–Kier alpha value is -3.65. The van der Waals surface area contributed by atoms with E-state index in [0.717, 1.165) is 41.6 Å². The van der Waals surface area contributed by atoms with Crippen LogP contribution in [0.1, 0.15) is 68.6 Å². The van der Waals surface area contributed by atoms with E-state index in [9.17, 15) is 18.0 Å². The topological polar surface area (TPSA) is 86.8 Å². The summed E-state index contributed by atoms with van der Waals surface area (Å²) in [7, 11) is -3.81. The van der Waals surface area contributed by atoms with E-state index in [0.29, 0.717) is 18.7 Å². The van der Waals surface area contributed by atoms with E-state index < -0.39 is 28.5 Å². The molecule has 0 aromatic heterocycles. The van der Waals surface area contributed by atoms with Crippen LogP contribution in [-0.2, 0) is 38.0 Å². The lowest BCUT2D eigenvalue weighted by molar-refractivity contribution is -0.140. The molecule has 4 bridgehead atoms. The van der Waals surface area contributed by atoms with E-state index >= 15 is 0 Å². The monoisotopic (exact) mass is 641 g/mol. The van der Waals surface area contributed by atoms with Crippen LogP contribution in [0.3, 0.4) is 0 Å². The zero-order chi connectivity index (χ0) is 32.3. The molecule has 4 aliphatic carbocycles. The molecular formula is C38H47N3O4S. The minimum atomic E-state index is -3.81. The Balaban J connectivity index is 1.29. The Bertz CT molecular complexity index is 1570. The molecule has 3 aromatic rings. The van der Waals surface area contributed by atoms with Crippen LogP contribution < -0.4 is 9.62 Å². The number of hydrogen-bond acceptors (Lipinski definition) is 4. The van der Waals surface area contributed by atoms with E-state index in [2.05, 4.69) is 17.4 Å². The first-order chi connectivity index (χ1) is 22.1. The minimum Gasteiger partial charge on any atom is -0.354 e. The molecule has 0 heterocycles. The van der Waals surface area contributed by atoms with Crippen LogP contribution in [0.15, 0.2) is 84.9 Å². The molecule has 0 aliphatic heterocycles. The third-order valence-electron chi connectivity index (χ3n) is 10.5. The summed E-state index contributed by atoms with van der Waals surface area (Å²) < 4.78 is 27.7. The Morgan fingerprint density at radius 3 is 1.89 bits per heavy atom. The second kappa shape index (κ2) is 13.6. The third-order valence-corrected chi connectivity index (χ3v) is 11.6. The predicted molar refractivity (Wildman–Crippen MR) is 183 cm³/mol. The van der Waals surface area contributed by atoms with Crippen molar-refractivity contribution in [3.8, 4) is 0 Å². The lowest BCUT2D eigenvalue weighted by Crippen LogP contribution is -2.53. The van der Waals surface area contributed by atoms with Crippen molar-refractivity contribution >= 4 is 27.5 Å². The SMILES string of the molecule is CCCNC(=O)[C@H](Cc1ccccc1)N(Cc1ccccc1)C(=O)CN(c1ccc(C23CC4CC(CC(C4)C2)C3)cc1)S(C)(=O)=O. The van der Waals surface area contributed by atoms with Gasteiger partial charge in [0, 0.05) is 19.5 Å². The maximum absolute atomic E-state index is 14.3. The number of benzene rings is 3. The molecule has 0 spiro atoms. The largest absolute Gasteiger partial charge is 0.354 e. The molecule has 3 aromatic carbocycles. The van der Waals surface area contributed by atoms with Crippen molar-refractivity contribution in [3.05, 3.63) is 102 Å². The van der Waals surface area contributed by atoms with Gasteiger partial charge in [-0.25, -0.2) is 8.42 Å². The molecule has 46 heavy (non-hydrogen) atoms. The lowest BCUT2D eigenvalue weighted by Gasteiger charge is -2.57. The highest BCUT2D eigenvalue weighted by atomic mass is 32.2. The van der Waals surface area contributed by atoms with E-state index in [4.69, 9.17) is 0 Å². The van der Waals surface area contributed by atoms with E-state index in [1.54, 1.807) is 4.90 Å². The van der Waals surface area contributed by atoms with E-state index in [1.165, 1.54) is 48.4 Å². The lowest BCUT2D eigenvalue weighted by atomic mass is 9.48. The molecule has 4 aliphatic rings. The molecule has 1 atom stereocenters.